The summed E-state index contributed by atoms with van der Waals surface area (Å²) >= 11 is 0. The van der Waals surface area contributed by atoms with Crippen molar-refractivity contribution in [1.29, 1.82) is 0 Å². The highest BCUT2D eigenvalue weighted by molar-refractivity contribution is 5.96. The summed E-state index contributed by atoms with van der Waals surface area (Å²) in [5.74, 6) is -5.26. The molecule has 184 valence electrons. The van der Waals surface area contributed by atoms with E-state index in [1.54, 1.807) is 13.8 Å². The van der Waals surface area contributed by atoms with Gasteiger partial charge in [0.05, 0.1) is 18.9 Å². The van der Waals surface area contributed by atoms with Crippen molar-refractivity contribution in [1.82, 2.24) is 25.9 Å². The first kappa shape index (κ1) is 27.5. The van der Waals surface area contributed by atoms with Crippen LogP contribution in [0.2, 0.25) is 0 Å². The molecule has 0 bridgehead atoms. The maximum absolute atomic E-state index is 12.8. The Balaban J connectivity index is 3.09. The van der Waals surface area contributed by atoms with Gasteiger partial charge in [0.1, 0.15) is 24.2 Å². The Morgan fingerprint density at radius 1 is 1.03 bits per heavy atom. The van der Waals surface area contributed by atoms with E-state index in [-0.39, 0.29) is 6.42 Å². The maximum Gasteiger partial charge on any atom is 0.326 e. The van der Waals surface area contributed by atoms with Gasteiger partial charge in [-0.05, 0) is 12.8 Å². The van der Waals surface area contributed by atoms with E-state index >= 15 is 0 Å². The molecule has 0 aromatic carbocycles. The second-order valence-electron chi connectivity index (χ2n) is 7.91. The molecule has 0 aliphatic heterocycles. The molecule has 0 saturated carbocycles. The Bertz CT molecular complexity index is 842. The molecule has 1 aromatic heterocycles. The van der Waals surface area contributed by atoms with Crippen LogP contribution >= 0.6 is 0 Å². The minimum absolute atomic E-state index is 0.0908. The van der Waals surface area contributed by atoms with Gasteiger partial charge in [-0.15, -0.1) is 0 Å². The number of carboxylic acid groups (broad SMARTS) is 1. The number of aliphatic hydroxyl groups excluding tert-OH is 1. The van der Waals surface area contributed by atoms with Gasteiger partial charge in [0.15, 0.2) is 0 Å². The number of imidazole rings is 1. The Labute approximate surface area is 189 Å². The number of aromatic amines is 1. The van der Waals surface area contributed by atoms with Gasteiger partial charge in [0, 0.05) is 18.3 Å². The van der Waals surface area contributed by atoms with Gasteiger partial charge >= 0.3 is 5.97 Å². The normalized spacial score (nSPS) is 15.6. The smallest absolute Gasteiger partial charge is 0.326 e. The molecule has 1 heterocycles. The Hall–Kier alpha value is -3.52. The van der Waals surface area contributed by atoms with Gasteiger partial charge in [0.25, 0.3) is 0 Å². The van der Waals surface area contributed by atoms with Crippen LogP contribution in [0.1, 0.15) is 32.9 Å². The summed E-state index contributed by atoms with van der Waals surface area (Å²) in [6.45, 7) is 4.47. The molecule has 0 aliphatic rings. The molecule has 33 heavy (non-hydrogen) atoms. The fourth-order valence-electron chi connectivity index (χ4n) is 2.76. The van der Waals surface area contributed by atoms with Gasteiger partial charge in [-0.3, -0.25) is 19.2 Å². The lowest BCUT2D eigenvalue weighted by Gasteiger charge is -2.25. The topological polar surface area (TPSA) is 243 Å². The van der Waals surface area contributed by atoms with Crippen LogP contribution in [-0.2, 0) is 30.4 Å². The summed E-state index contributed by atoms with van der Waals surface area (Å²) in [7, 11) is 0. The van der Waals surface area contributed by atoms with Gasteiger partial charge < -0.3 is 42.6 Å². The van der Waals surface area contributed by atoms with Crippen molar-refractivity contribution in [2.45, 2.75) is 63.9 Å². The highest BCUT2D eigenvalue weighted by Gasteiger charge is 2.32. The van der Waals surface area contributed by atoms with Gasteiger partial charge in [-0.1, -0.05) is 13.8 Å². The van der Waals surface area contributed by atoms with Gasteiger partial charge in [-0.25, -0.2) is 9.78 Å². The van der Waals surface area contributed by atoms with Crippen molar-refractivity contribution in [2.24, 2.45) is 17.4 Å². The van der Waals surface area contributed by atoms with E-state index in [0.29, 0.717) is 5.69 Å². The summed E-state index contributed by atoms with van der Waals surface area (Å²) in [4.78, 5) is 67.3. The third kappa shape index (κ3) is 8.86. The van der Waals surface area contributed by atoms with E-state index in [9.17, 15) is 34.2 Å². The number of carbonyl (C=O) groups excluding carboxylic acids is 4. The van der Waals surface area contributed by atoms with E-state index < -0.39 is 72.2 Å². The second kappa shape index (κ2) is 12.5. The minimum Gasteiger partial charge on any atom is -0.480 e. The maximum atomic E-state index is 12.8. The third-order valence-electron chi connectivity index (χ3n) is 4.70. The number of nitrogens with one attached hydrogen (secondary N) is 4. The zero-order valence-corrected chi connectivity index (χ0v) is 18.6. The van der Waals surface area contributed by atoms with Crippen LogP contribution in [-0.4, -0.2) is 80.1 Å². The van der Waals surface area contributed by atoms with Crippen LogP contribution < -0.4 is 27.4 Å². The van der Waals surface area contributed by atoms with Crippen LogP contribution in [0.4, 0.5) is 0 Å². The number of aromatic nitrogens is 2. The minimum atomic E-state index is -1.49. The monoisotopic (exact) mass is 469 g/mol. The molecular weight excluding hydrogens is 438 g/mol. The average molecular weight is 469 g/mol. The largest absolute Gasteiger partial charge is 0.480 e. The molecule has 14 nitrogen and oxygen atoms in total. The summed E-state index contributed by atoms with van der Waals surface area (Å²) in [6.07, 6.45) is 0.839. The van der Waals surface area contributed by atoms with E-state index in [1.807, 2.05) is 0 Å². The number of hydrogen-bond acceptors (Lipinski definition) is 8. The SMILES string of the molecule is CC(C)C(NC(=O)C(Cc1cnc[nH]1)NC(=O)C(CC(N)=O)NC(=O)C(N)C(C)O)C(=O)O. The fraction of sp³-hybridized carbons (Fsp3) is 0.579. The van der Waals surface area contributed by atoms with Crippen molar-refractivity contribution >= 4 is 29.6 Å². The van der Waals surface area contributed by atoms with Crippen molar-refractivity contribution in [3.8, 4) is 0 Å². The first-order valence-electron chi connectivity index (χ1n) is 10.2. The highest BCUT2D eigenvalue weighted by atomic mass is 16.4. The standard InChI is InChI=1S/C19H31N7O7/c1-8(2)15(19(32)33)26-17(30)11(4-10-6-22-7-23-10)24-16(29)12(5-13(20)28)25-18(31)14(21)9(3)27/h6-9,11-12,14-15,27H,4-5,21H2,1-3H3,(H2,20,28)(H,22,23)(H,24,29)(H,25,31)(H,26,30)(H,32,33). The zero-order chi connectivity index (χ0) is 25.3. The number of amides is 4. The number of carboxylic acids is 1. The van der Waals surface area contributed by atoms with E-state index in [4.69, 9.17) is 11.5 Å². The zero-order valence-electron chi connectivity index (χ0n) is 18.6. The van der Waals surface area contributed by atoms with Crippen LogP contribution in [0, 0.1) is 5.92 Å². The molecule has 1 aromatic rings. The summed E-state index contributed by atoms with van der Waals surface area (Å²) in [5, 5.41) is 25.8. The number of rotatable bonds is 13. The third-order valence-corrected chi connectivity index (χ3v) is 4.70. The molecule has 14 heteroatoms. The second-order valence-corrected chi connectivity index (χ2v) is 7.91. The van der Waals surface area contributed by atoms with Crippen LogP contribution in [0.3, 0.4) is 0 Å². The number of primary amides is 1. The number of H-pyrrole nitrogens is 1. The number of nitrogens with two attached hydrogens (primary N) is 2. The molecule has 0 spiro atoms. The van der Waals surface area contributed by atoms with Crippen molar-refractivity contribution < 1.29 is 34.2 Å². The summed E-state index contributed by atoms with van der Waals surface area (Å²) in [5.41, 5.74) is 11.2. The van der Waals surface area contributed by atoms with E-state index in [2.05, 4.69) is 25.9 Å². The van der Waals surface area contributed by atoms with Crippen molar-refractivity contribution in [3.05, 3.63) is 18.2 Å². The van der Waals surface area contributed by atoms with Gasteiger partial charge in [-0.2, -0.15) is 0 Å². The molecule has 0 fully saturated rings. The number of carbonyl (C=O) groups is 5. The summed E-state index contributed by atoms with van der Waals surface area (Å²) < 4.78 is 0. The predicted molar refractivity (Wildman–Crippen MR) is 114 cm³/mol. The number of aliphatic carboxylic acids is 1. The van der Waals surface area contributed by atoms with Gasteiger partial charge in [0.2, 0.25) is 23.6 Å². The summed E-state index contributed by atoms with van der Waals surface area (Å²) in [6, 6.07) is -5.36. The molecular formula is C19H31N7O7. The highest BCUT2D eigenvalue weighted by Crippen LogP contribution is 2.06. The lowest BCUT2D eigenvalue weighted by atomic mass is 10.0. The first-order valence-corrected chi connectivity index (χ1v) is 10.2. The Kier molecular flexibility index (Phi) is 10.4. The van der Waals surface area contributed by atoms with E-state index in [0.717, 1.165) is 0 Å². The number of aliphatic hydroxyl groups is 1. The predicted octanol–water partition coefficient (Wildman–Crippen LogP) is -3.27. The fourth-order valence-corrected chi connectivity index (χ4v) is 2.76. The van der Waals surface area contributed by atoms with Crippen LogP contribution in [0.15, 0.2) is 12.5 Å². The number of nitrogens with zero attached hydrogens (tertiary/aromatic N) is 1. The first-order chi connectivity index (χ1) is 15.3. The Morgan fingerprint density at radius 2 is 1.61 bits per heavy atom. The lowest BCUT2D eigenvalue weighted by molar-refractivity contribution is -0.143. The average Bonchev–Trinajstić information content (AvgIpc) is 3.22. The molecule has 0 aliphatic carbocycles. The lowest BCUT2D eigenvalue weighted by Crippen LogP contribution is -2.59. The van der Waals surface area contributed by atoms with Crippen LogP contribution in [0.5, 0.6) is 0 Å². The molecule has 1 rings (SSSR count). The molecule has 10 N–H and O–H groups in total. The molecule has 5 unspecified atom stereocenters. The Morgan fingerprint density at radius 3 is 2.06 bits per heavy atom. The van der Waals surface area contributed by atoms with Crippen molar-refractivity contribution in [3.63, 3.8) is 0 Å². The van der Waals surface area contributed by atoms with Crippen LogP contribution in [0.25, 0.3) is 0 Å². The quantitative estimate of drug-likeness (QED) is 0.144. The van der Waals surface area contributed by atoms with E-state index in [1.165, 1.54) is 19.4 Å². The molecule has 5 atom stereocenters. The van der Waals surface area contributed by atoms with Crippen molar-refractivity contribution in [2.75, 3.05) is 0 Å². The number of hydrogen-bond donors (Lipinski definition) is 8. The molecule has 0 saturated heterocycles. The molecule has 0 radical (unpaired) electrons. The molecule has 4 amide bonds.